The van der Waals surface area contributed by atoms with E-state index >= 15 is 0 Å². The zero-order valence-electron chi connectivity index (χ0n) is 17.2. The van der Waals surface area contributed by atoms with Crippen molar-refractivity contribution in [3.05, 3.63) is 70.8 Å². The predicted molar refractivity (Wildman–Crippen MR) is 110 cm³/mol. The molecule has 156 valence electrons. The van der Waals surface area contributed by atoms with Crippen molar-refractivity contribution in [2.24, 2.45) is 0 Å². The summed E-state index contributed by atoms with van der Waals surface area (Å²) >= 11 is 0. The summed E-state index contributed by atoms with van der Waals surface area (Å²) < 4.78 is 5.05. The molecule has 0 aliphatic carbocycles. The maximum atomic E-state index is 12.5. The van der Waals surface area contributed by atoms with Crippen molar-refractivity contribution in [1.82, 2.24) is 10.2 Å². The van der Waals surface area contributed by atoms with E-state index in [1.54, 1.807) is 12.1 Å². The molecule has 7 heteroatoms. The topological polar surface area (TPSA) is 92.8 Å². The number of aryl methyl sites for hydroxylation is 1. The van der Waals surface area contributed by atoms with E-state index in [1.807, 2.05) is 31.2 Å². The Morgan fingerprint density at radius 1 is 0.967 bits per heavy atom. The molecule has 0 aromatic heterocycles. The van der Waals surface area contributed by atoms with Gasteiger partial charge in [0.05, 0.1) is 17.2 Å². The first-order valence-electron chi connectivity index (χ1n) is 9.85. The molecule has 1 aliphatic rings. The number of imide groups is 1. The lowest BCUT2D eigenvalue weighted by molar-refractivity contribution is -0.152. The minimum atomic E-state index is -1.13. The third-order valence-corrected chi connectivity index (χ3v) is 5.16. The van der Waals surface area contributed by atoms with Crippen LogP contribution in [0.25, 0.3) is 0 Å². The minimum absolute atomic E-state index is 0.253. The first-order valence-corrected chi connectivity index (χ1v) is 9.85. The highest BCUT2D eigenvalue weighted by molar-refractivity contribution is 6.22. The highest BCUT2D eigenvalue weighted by Gasteiger charge is 2.41. The van der Waals surface area contributed by atoms with Crippen LogP contribution in [0.2, 0.25) is 0 Å². The molecule has 0 spiro atoms. The van der Waals surface area contributed by atoms with Gasteiger partial charge in [0, 0.05) is 0 Å². The normalized spacial score (nSPS) is 14.8. The molecular formula is C23H24N2O5. The van der Waals surface area contributed by atoms with Crippen molar-refractivity contribution in [2.45, 2.75) is 39.3 Å². The summed E-state index contributed by atoms with van der Waals surface area (Å²) in [6.07, 6.45) is 0.933. The minimum Gasteiger partial charge on any atom is -0.454 e. The molecule has 3 rings (SSSR count). The molecule has 1 N–H and O–H groups in total. The number of esters is 1. The number of hydrogen-bond donors (Lipinski definition) is 1. The molecule has 1 heterocycles. The van der Waals surface area contributed by atoms with E-state index in [-0.39, 0.29) is 17.2 Å². The Labute approximate surface area is 175 Å². The summed E-state index contributed by atoms with van der Waals surface area (Å²) in [6, 6.07) is 12.9. The lowest BCUT2D eigenvalue weighted by atomic mass is 10.1. The molecule has 3 amide bonds. The Kier molecular flexibility index (Phi) is 6.30. The van der Waals surface area contributed by atoms with Crippen LogP contribution < -0.4 is 5.32 Å². The molecular weight excluding hydrogens is 384 g/mol. The van der Waals surface area contributed by atoms with Gasteiger partial charge in [-0.3, -0.25) is 19.3 Å². The van der Waals surface area contributed by atoms with Crippen molar-refractivity contribution in [3.63, 3.8) is 0 Å². The second kappa shape index (κ2) is 8.90. The van der Waals surface area contributed by atoms with E-state index < -0.39 is 36.3 Å². The Bertz CT molecular complexity index is 948. The summed E-state index contributed by atoms with van der Waals surface area (Å²) in [7, 11) is 0. The van der Waals surface area contributed by atoms with Crippen LogP contribution in [-0.2, 0) is 20.7 Å². The molecule has 2 aromatic rings. The largest absolute Gasteiger partial charge is 0.454 e. The van der Waals surface area contributed by atoms with Crippen LogP contribution >= 0.6 is 0 Å². The first kappa shape index (κ1) is 21.2. The van der Waals surface area contributed by atoms with Gasteiger partial charge < -0.3 is 10.1 Å². The van der Waals surface area contributed by atoms with Crippen molar-refractivity contribution in [3.8, 4) is 0 Å². The SMILES string of the molecule is CCc1ccc([C@H](C)NC(=O)COC(=O)[C@H](C)N2C(=O)c3ccccc3C2=O)cc1. The third-order valence-electron chi connectivity index (χ3n) is 5.16. The average Bonchev–Trinajstić information content (AvgIpc) is 3.02. The molecule has 0 unspecified atom stereocenters. The fourth-order valence-electron chi connectivity index (χ4n) is 3.33. The van der Waals surface area contributed by atoms with Gasteiger partial charge in [0.15, 0.2) is 6.61 Å². The summed E-state index contributed by atoms with van der Waals surface area (Å²) in [5, 5.41) is 2.77. The van der Waals surface area contributed by atoms with Crippen LogP contribution in [0.4, 0.5) is 0 Å². The Balaban J connectivity index is 1.54. The van der Waals surface area contributed by atoms with E-state index in [4.69, 9.17) is 4.74 Å². The Hall–Kier alpha value is -3.48. The Morgan fingerprint density at radius 3 is 2.07 bits per heavy atom. The molecule has 7 nitrogen and oxygen atoms in total. The number of carbonyl (C=O) groups excluding carboxylic acids is 4. The third kappa shape index (κ3) is 4.25. The Morgan fingerprint density at radius 2 is 1.53 bits per heavy atom. The van der Waals surface area contributed by atoms with Gasteiger partial charge in [-0.2, -0.15) is 0 Å². The zero-order chi connectivity index (χ0) is 21.8. The van der Waals surface area contributed by atoms with Crippen LogP contribution in [0.3, 0.4) is 0 Å². The summed E-state index contributed by atoms with van der Waals surface area (Å²) in [5.74, 6) is -2.38. The number of ether oxygens (including phenoxy) is 1. The van der Waals surface area contributed by atoms with Crippen LogP contribution in [0.5, 0.6) is 0 Å². The van der Waals surface area contributed by atoms with Gasteiger partial charge in [-0.25, -0.2) is 4.79 Å². The van der Waals surface area contributed by atoms with Crippen molar-refractivity contribution < 1.29 is 23.9 Å². The van der Waals surface area contributed by atoms with E-state index in [2.05, 4.69) is 12.2 Å². The number of carbonyl (C=O) groups is 4. The van der Waals surface area contributed by atoms with Crippen LogP contribution in [-0.4, -0.2) is 41.2 Å². The van der Waals surface area contributed by atoms with Crippen LogP contribution in [0, 0.1) is 0 Å². The molecule has 0 saturated heterocycles. The fourth-order valence-corrected chi connectivity index (χ4v) is 3.33. The number of rotatable bonds is 7. The van der Waals surface area contributed by atoms with Gasteiger partial charge in [0.25, 0.3) is 17.7 Å². The average molecular weight is 408 g/mol. The summed E-state index contributed by atoms with van der Waals surface area (Å²) in [6.45, 7) is 4.81. The van der Waals surface area contributed by atoms with Gasteiger partial charge >= 0.3 is 5.97 Å². The highest BCUT2D eigenvalue weighted by atomic mass is 16.5. The van der Waals surface area contributed by atoms with Gasteiger partial charge in [0.1, 0.15) is 6.04 Å². The van der Waals surface area contributed by atoms with Gasteiger partial charge in [-0.1, -0.05) is 43.3 Å². The van der Waals surface area contributed by atoms with E-state index in [1.165, 1.54) is 24.6 Å². The molecule has 30 heavy (non-hydrogen) atoms. The molecule has 2 aromatic carbocycles. The molecule has 0 fully saturated rings. The number of nitrogens with zero attached hydrogens (tertiary/aromatic N) is 1. The van der Waals surface area contributed by atoms with Gasteiger partial charge in [-0.05, 0) is 43.5 Å². The van der Waals surface area contributed by atoms with Gasteiger partial charge in [-0.15, -0.1) is 0 Å². The van der Waals surface area contributed by atoms with Crippen LogP contribution in [0.15, 0.2) is 48.5 Å². The number of amides is 3. The number of nitrogens with one attached hydrogen (secondary N) is 1. The van der Waals surface area contributed by atoms with Crippen LogP contribution in [0.1, 0.15) is 58.7 Å². The van der Waals surface area contributed by atoms with E-state index in [0.29, 0.717) is 0 Å². The summed E-state index contributed by atoms with van der Waals surface area (Å²) in [5.41, 5.74) is 2.64. The quantitative estimate of drug-likeness (QED) is 0.562. The standard InChI is InChI=1S/C23H24N2O5/c1-4-16-9-11-17(12-10-16)14(2)24-20(26)13-30-23(29)15(3)25-21(27)18-7-5-6-8-19(18)22(25)28/h5-12,14-15H,4,13H2,1-3H3,(H,24,26)/t14-,15-/m0/s1. The zero-order valence-corrected chi connectivity index (χ0v) is 17.2. The lowest BCUT2D eigenvalue weighted by Gasteiger charge is -2.21. The molecule has 1 aliphatic heterocycles. The maximum Gasteiger partial charge on any atom is 0.329 e. The monoisotopic (exact) mass is 408 g/mol. The number of hydrogen-bond acceptors (Lipinski definition) is 5. The maximum absolute atomic E-state index is 12.5. The second-order valence-electron chi connectivity index (χ2n) is 7.19. The number of benzene rings is 2. The number of fused-ring (bicyclic) bond motifs is 1. The predicted octanol–water partition coefficient (Wildman–Crippen LogP) is 2.65. The molecule has 0 bridgehead atoms. The van der Waals surface area contributed by atoms with E-state index in [0.717, 1.165) is 16.9 Å². The van der Waals surface area contributed by atoms with Gasteiger partial charge in [0.2, 0.25) is 0 Å². The van der Waals surface area contributed by atoms with Crippen molar-refractivity contribution in [1.29, 1.82) is 0 Å². The first-order chi connectivity index (χ1) is 14.3. The lowest BCUT2D eigenvalue weighted by Crippen LogP contribution is -2.44. The smallest absolute Gasteiger partial charge is 0.329 e. The molecule has 0 saturated carbocycles. The second-order valence-corrected chi connectivity index (χ2v) is 7.19. The fraction of sp³-hybridized carbons (Fsp3) is 0.304. The van der Waals surface area contributed by atoms with Crippen molar-refractivity contribution >= 4 is 23.7 Å². The van der Waals surface area contributed by atoms with E-state index in [9.17, 15) is 19.2 Å². The highest BCUT2D eigenvalue weighted by Crippen LogP contribution is 2.24. The molecule has 0 radical (unpaired) electrons. The summed E-state index contributed by atoms with van der Waals surface area (Å²) in [4.78, 5) is 50.3. The van der Waals surface area contributed by atoms with Crippen molar-refractivity contribution in [2.75, 3.05) is 6.61 Å². The molecule has 2 atom stereocenters.